The summed E-state index contributed by atoms with van der Waals surface area (Å²) >= 11 is 13.3. The number of hydrogen-bond donors (Lipinski definition) is 0. The number of esters is 1. The van der Waals surface area contributed by atoms with E-state index in [-0.39, 0.29) is 11.2 Å². The SMILES string of the molecule is COC(=O)CC(C)SCc1cnc(Cl)cc1Cl. The maximum Gasteiger partial charge on any atom is 0.306 e. The Hall–Kier alpha value is -0.450. The standard InChI is InChI=1S/C11H13Cl2NO2S/c1-7(3-11(15)16-2)17-6-8-5-14-10(13)4-9(8)12/h4-5,7H,3,6H2,1-2H3. The average molecular weight is 294 g/mol. The van der Waals surface area contributed by atoms with Crippen molar-refractivity contribution < 1.29 is 9.53 Å². The Labute approximate surface area is 115 Å². The van der Waals surface area contributed by atoms with Crippen LogP contribution >= 0.6 is 35.0 Å². The molecule has 0 saturated heterocycles. The van der Waals surface area contributed by atoms with Crippen molar-refractivity contribution in [3.63, 3.8) is 0 Å². The third-order valence-electron chi connectivity index (χ3n) is 2.10. The Bertz CT molecular complexity index is 401. The molecule has 0 amide bonds. The van der Waals surface area contributed by atoms with Gasteiger partial charge in [-0.2, -0.15) is 11.8 Å². The third-order valence-corrected chi connectivity index (χ3v) is 3.87. The summed E-state index contributed by atoms with van der Waals surface area (Å²) in [5.41, 5.74) is 0.915. The van der Waals surface area contributed by atoms with Gasteiger partial charge in [-0.05, 0) is 11.6 Å². The van der Waals surface area contributed by atoms with Crippen molar-refractivity contribution in [2.75, 3.05) is 7.11 Å². The second-order valence-corrected chi connectivity index (χ2v) is 5.72. The van der Waals surface area contributed by atoms with Gasteiger partial charge >= 0.3 is 5.97 Å². The molecule has 0 radical (unpaired) electrons. The number of carbonyl (C=O) groups is 1. The predicted molar refractivity (Wildman–Crippen MR) is 71.6 cm³/mol. The molecular weight excluding hydrogens is 281 g/mol. The molecule has 3 nitrogen and oxygen atoms in total. The molecule has 0 N–H and O–H groups in total. The number of carbonyl (C=O) groups excluding carboxylic acids is 1. The van der Waals surface area contributed by atoms with Gasteiger partial charge in [0, 0.05) is 22.2 Å². The van der Waals surface area contributed by atoms with Crippen LogP contribution in [0.5, 0.6) is 0 Å². The topological polar surface area (TPSA) is 39.2 Å². The highest BCUT2D eigenvalue weighted by molar-refractivity contribution is 7.99. The smallest absolute Gasteiger partial charge is 0.306 e. The van der Waals surface area contributed by atoms with E-state index in [9.17, 15) is 4.79 Å². The highest BCUT2D eigenvalue weighted by atomic mass is 35.5. The summed E-state index contributed by atoms with van der Waals surface area (Å²) in [7, 11) is 1.39. The summed E-state index contributed by atoms with van der Waals surface area (Å²) < 4.78 is 4.60. The zero-order valence-electron chi connectivity index (χ0n) is 9.57. The molecule has 1 aromatic rings. The van der Waals surface area contributed by atoms with Crippen LogP contribution in [-0.2, 0) is 15.3 Å². The van der Waals surface area contributed by atoms with Crippen LogP contribution < -0.4 is 0 Å². The zero-order chi connectivity index (χ0) is 12.8. The van der Waals surface area contributed by atoms with Crippen molar-refractivity contribution in [3.05, 3.63) is 28.0 Å². The first-order valence-electron chi connectivity index (χ1n) is 5.01. The van der Waals surface area contributed by atoms with Crippen molar-refractivity contribution in [2.24, 2.45) is 0 Å². The summed E-state index contributed by atoms with van der Waals surface area (Å²) in [5, 5.41) is 1.16. The minimum atomic E-state index is -0.203. The Morgan fingerprint density at radius 2 is 2.29 bits per heavy atom. The minimum Gasteiger partial charge on any atom is -0.469 e. The molecule has 1 aromatic heterocycles. The number of thioether (sulfide) groups is 1. The molecule has 1 rings (SSSR count). The molecule has 94 valence electrons. The van der Waals surface area contributed by atoms with Crippen molar-refractivity contribution in [1.29, 1.82) is 0 Å². The van der Waals surface area contributed by atoms with Crippen molar-refractivity contribution in [3.8, 4) is 0 Å². The van der Waals surface area contributed by atoms with Crippen molar-refractivity contribution in [1.82, 2.24) is 4.98 Å². The van der Waals surface area contributed by atoms with Gasteiger partial charge in [0.1, 0.15) is 5.15 Å². The first-order valence-corrected chi connectivity index (χ1v) is 6.81. The first kappa shape index (κ1) is 14.6. The molecule has 1 atom stereocenters. The molecule has 0 fully saturated rings. The molecule has 0 aliphatic heterocycles. The highest BCUT2D eigenvalue weighted by Gasteiger charge is 2.11. The van der Waals surface area contributed by atoms with E-state index in [1.54, 1.807) is 24.0 Å². The van der Waals surface area contributed by atoms with Gasteiger partial charge in [-0.15, -0.1) is 0 Å². The summed E-state index contributed by atoms with van der Waals surface area (Å²) in [6.45, 7) is 1.97. The maximum atomic E-state index is 11.1. The number of aromatic nitrogens is 1. The maximum absolute atomic E-state index is 11.1. The van der Waals surface area contributed by atoms with E-state index < -0.39 is 0 Å². The predicted octanol–water partition coefficient (Wildman–Crippen LogP) is 3.57. The van der Waals surface area contributed by atoms with Crippen LogP contribution in [-0.4, -0.2) is 23.3 Å². The molecule has 6 heteroatoms. The second-order valence-electron chi connectivity index (χ2n) is 3.50. The van der Waals surface area contributed by atoms with E-state index in [1.165, 1.54) is 7.11 Å². The van der Waals surface area contributed by atoms with Crippen LogP contribution in [0.1, 0.15) is 18.9 Å². The molecule has 0 spiro atoms. The highest BCUT2D eigenvalue weighted by Crippen LogP contribution is 2.26. The lowest BCUT2D eigenvalue weighted by Crippen LogP contribution is -2.08. The Balaban J connectivity index is 2.47. The monoisotopic (exact) mass is 293 g/mol. The number of nitrogens with zero attached hydrogens (tertiary/aromatic N) is 1. The number of methoxy groups -OCH3 is 1. The van der Waals surface area contributed by atoms with E-state index in [0.29, 0.717) is 22.3 Å². The number of halogens is 2. The van der Waals surface area contributed by atoms with Crippen LogP contribution in [0.3, 0.4) is 0 Å². The molecule has 0 saturated carbocycles. The van der Waals surface area contributed by atoms with Gasteiger partial charge in [-0.1, -0.05) is 30.1 Å². The van der Waals surface area contributed by atoms with Crippen molar-refractivity contribution in [2.45, 2.75) is 24.3 Å². The zero-order valence-corrected chi connectivity index (χ0v) is 11.9. The van der Waals surface area contributed by atoms with Gasteiger partial charge in [0.15, 0.2) is 0 Å². The number of rotatable bonds is 5. The fourth-order valence-electron chi connectivity index (χ4n) is 1.15. The average Bonchev–Trinajstić information content (AvgIpc) is 2.27. The molecule has 17 heavy (non-hydrogen) atoms. The van der Waals surface area contributed by atoms with Crippen LogP contribution in [0.25, 0.3) is 0 Å². The number of ether oxygens (including phenoxy) is 1. The molecule has 1 unspecified atom stereocenters. The molecular formula is C11H13Cl2NO2S. The normalized spacial score (nSPS) is 12.2. The van der Waals surface area contributed by atoms with E-state index in [0.717, 1.165) is 5.56 Å². The van der Waals surface area contributed by atoms with Crippen LogP contribution in [0.15, 0.2) is 12.3 Å². The summed E-state index contributed by atoms with van der Waals surface area (Å²) in [4.78, 5) is 15.0. The van der Waals surface area contributed by atoms with Gasteiger partial charge in [-0.3, -0.25) is 4.79 Å². The fraction of sp³-hybridized carbons (Fsp3) is 0.455. The molecule has 1 heterocycles. The first-order chi connectivity index (χ1) is 8.02. The van der Waals surface area contributed by atoms with Gasteiger partial charge in [0.05, 0.1) is 13.5 Å². The van der Waals surface area contributed by atoms with E-state index in [2.05, 4.69) is 9.72 Å². The van der Waals surface area contributed by atoms with E-state index in [4.69, 9.17) is 23.2 Å². The lowest BCUT2D eigenvalue weighted by Gasteiger charge is -2.10. The van der Waals surface area contributed by atoms with E-state index >= 15 is 0 Å². The lowest BCUT2D eigenvalue weighted by atomic mass is 10.3. The third kappa shape index (κ3) is 5.15. The van der Waals surface area contributed by atoms with Crippen LogP contribution in [0.2, 0.25) is 10.2 Å². The summed E-state index contributed by atoms with van der Waals surface area (Å²) in [5.74, 6) is 0.492. The van der Waals surface area contributed by atoms with Gasteiger partial charge < -0.3 is 4.74 Å². The number of pyridine rings is 1. The molecule has 0 aliphatic carbocycles. The fourth-order valence-corrected chi connectivity index (χ4v) is 2.61. The van der Waals surface area contributed by atoms with Crippen molar-refractivity contribution >= 4 is 40.9 Å². The Morgan fingerprint density at radius 3 is 2.88 bits per heavy atom. The van der Waals surface area contributed by atoms with Gasteiger partial charge in [0.25, 0.3) is 0 Å². The van der Waals surface area contributed by atoms with Crippen LogP contribution in [0.4, 0.5) is 0 Å². The quantitative estimate of drug-likeness (QED) is 0.614. The second kappa shape index (κ2) is 7.09. The van der Waals surface area contributed by atoms with Gasteiger partial charge in [-0.25, -0.2) is 4.98 Å². The summed E-state index contributed by atoms with van der Waals surface area (Å²) in [6, 6.07) is 1.62. The van der Waals surface area contributed by atoms with Crippen LogP contribution in [0, 0.1) is 0 Å². The minimum absolute atomic E-state index is 0.175. The summed E-state index contributed by atoms with van der Waals surface area (Å²) in [6.07, 6.45) is 2.04. The molecule has 0 bridgehead atoms. The Morgan fingerprint density at radius 1 is 1.59 bits per heavy atom. The van der Waals surface area contributed by atoms with Gasteiger partial charge in [0.2, 0.25) is 0 Å². The lowest BCUT2D eigenvalue weighted by molar-refractivity contribution is -0.140. The molecule has 0 aromatic carbocycles. The largest absolute Gasteiger partial charge is 0.469 e. The Kier molecular flexibility index (Phi) is 6.09. The van der Waals surface area contributed by atoms with E-state index in [1.807, 2.05) is 6.92 Å². The molecule has 0 aliphatic rings. The number of hydrogen-bond acceptors (Lipinski definition) is 4.